The Balaban J connectivity index is 1.86. The fraction of sp³-hybridized carbons (Fsp3) is 1.00. The van der Waals surface area contributed by atoms with Crippen LogP contribution in [0.1, 0.15) is 47.0 Å². The Morgan fingerprint density at radius 3 is 2.82 bits per heavy atom. The summed E-state index contributed by atoms with van der Waals surface area (Å²) in [5.74, 6) is 0.786. The van der Waals surface area contributed by atoms with E-state index < -0.39 is 0 Å². The number of nitrogens with zero attached hydrogens (tertiary/aromatic N) is 1. The number of rotatable bonds is 3. The fourth-order valence-electron chi connectivity index (χ4n) is 3.32. The predicted molar refractivity (Wildman–Crippen MR) is 71.0 cm³/mol. The van der Waals surface area contributed by atoms with Crippen molar-refractivity contribution in [2.75, 3.05) is 19.7 Å². The summed E-state index contributed by atoms with van der Waals surface area (Å²) in [7, 11) is 0. The van der Waals surface area contributed by atoms with Gasteiger partial charge in [0.05, 0.1) is 6.61 Å². The zero-order chi connectivity index (χ0) is 12.5. The normalized spacial score (nSPS) is 40.1. The van der Waals surface area contributed by atoms with E-state index in [2.05, 4.69) is 37.9 Å². The van der Waals surface area contributed by atoms with Crippen LogP contribution < -0.4 is 5.32 Å². The molecule has 0 amide bonds. The standard InChI is InChI=1S/C14H28N2O/c1-11(2)16-7-5-6-13(9-16)8-14(4)15-12(3)10-17-14/h11-13,15H,5-10H2,1-4H3. The second kappa shape index (κ2) is 5.25. The van der Waals surface area contributed by atoms with Crippen LogP contribution in [0.15, 0.2) is 0 Å². The molecule has 2 aliphatic rings. The highest BCUT2D eigenvalue weighted by Gasteiger charge is 2.36. The smallest absolute Gasteiger partial charge is 0.117 e. The van der Waals surface area contributed by atoms with Crippen LogP contribution in [0.3, 0.4) is 0 Å². The van der Waals surface area contributed by atoms with Gasteiger partial charge in [-0.1, -0.05) is 0 Å². The summed E-state index contributed by atoms with van der Waals surface area (Å²) in [4.78, 5) is 2.61. The average molecular weight is 240 g/mol. The molecule has 0 saturated carbocycles. The van der Waals surface area contributed by atoms with E-state index in [0.29, 0.717) is 12.1 Å². The van der Waals surface area contributed by atoms with E-state index in [1.165, 1.54) is 25.9 Å². The Labute approximate surface area is 106 Å². The van der Waals surface area contributed by atoms with Crippen LogP contribution in [0.4, 0.5) is 0 Å². The van der Waals surface area contributed by atoms with E-state index in [4.69, 9.17) is 4.74 Å². The van der Waals surface area contributed by atoms with Gasteiger partial charge >= 0.3 is 0 Å². The van der Waals surface area contributed by atoms with E-state index in [9.17, 15) is 0 Å². The van der Waals surface area contributed by atoms with Crippen LogP contribution in [0.25, 0.3) is 0 Å². The molecule has 100 valence electrons. The van der Waals surface area contributed by atoms with Crippen molar-refractivity contribution in [3.63, 3.8) is 0 Å². The van der Waals surface area contributed by atoms with Gasteiger partial charge in [-0.05, 0) is 59.4 Å². The second-order valence-corrected chi connectivity index (χ2v) is 6.39. The third-order valence-corrected chi connectivity index (χ3v) is 4.16. The van der Waals surface area contributed by atoms with Gasteiger partial charge in [0.25, 0.3) is 0 Å². The van der Waals surface area contributed by atoms with Gasteiger partial charge < -0.3 is 9.64 Å². The zero-order valence-corrected chi connectivity index (χ0v) is 11.8. The average Bonchev–Trinajstić information content (AvgIpc) is 2.58. The van der Waals surface area contributed by atoms with E-state index in [1.807, 2.05) is 0 Å². The summed E-state index contributed by atoms with van der Waals surface area (Å²) in [5.41, 5.74) is -0.0793. The first-order valence-corrected chi connectivity index (χ1v) is 7.14. The first-order valence-electron chi connectivity index (χ1n) is 7.14. The molecule has 2 heterocycles. The van der Waals surface area contributed by atoms with Crippen molar-refractivity contribution in [2.24, 2.45) is 5.92 Å². The molecule has 2 aliphatic heterocycles. The molecule has 2 rings (SSSR count). The highest BCUT2D eigenvalue weighted by molar-refractivity contribution is 4.87. The molecule has 0 aromatic rings. The highest BCUT2D eigenvalue weighted by Crippen LogP contribution is 2.29. The Kier molecular flexibility index (Phi) is 4.11. The molecule has 2 saturated heterocycles. The number of hydrogen-bond donors (Lipinski definition) is 1. The molecule has 3 unspecified atom stereocenters. The SMILES string of the molecule is CC1COC(C)(CC2CCCN(C(C)C)C2)N1. The minimum absolute atomic E-state index is 0.0793. The van der Waals surface area contributed by atoms with Crippen molar-refractivity contribution < 1.29 is 4.74 Å². The number of hydrogen-bond acceptors (Lipinski definition) is 3. The summed E-state index contributed by atoms with van der Waals surface area (Å²) in [6.45, 7) is 12.4. The lowest BCUT2D eigenvalue weighted by Crippen LogP contribution is -2.46. The molecule has 0 spiro atoms. The topological polar surface area (TPSA) is 24.5 Å². The summed E-state index contributed by atoms with van der Waals surface area (Å²) >= 11 is 0. The van der Waals surface area contributed by atoms with Gasteiger partial charge in [0.15, 0.2) is 0 Å². The van der Waals surface area contributed by atoms with E-state index in [0.717, 1.165) is 18.9 Å². The Hall–Kier alpha value is -0.120. The lowest BCUT2D eigenvalue weighted by Gasteiger charge is -2.38. The number of nitrogens with one attached hydrogen (secondary N) is 1. The van der Waals surface area contributed by atoms with Gasteiger partial charge in [0.1, 0.15) is 5.72 Å². The van der Waals surface area contributed by atoms with Gasteiger partial charge in [-0.3, -0.25) is 5.32 Å². The van der Waals surface area contributed by atoms with Crippen LogP contribution in [0.5, 0.6) is 0 Å². The van der Waals surface area contributed by atoms with Gasteiger partial charge in [0.2, 0.25) is 0 Å². The summed E-state index contributed by atoms with van der Waals surface area (Å²) in [6.07, 6.45) is 3.85. The molecule has 3 heteroatoms. The largest absolute Gasteiger partial charge is 0.359 e. The molecule has 0 aromatic heterocycles. The molecule has 17 heavy (non-hydrogen) atoms. The Bertz CT molecular complexity index is 257. The van der Waals surface area contributed by atoms with Crippen molar-refractivity contribution >= 4 is 0 Å². The predicted octanol–water partition coefficient (Wildman–Crippen LogP) is 2.22. The van der Waals surface area contributed by atoms with Crippen molar-refractivity contribution in [3.05, 3.63) is 0 Å². The highest BCUT2D eigenvalue weighted by atomic mass is 16.5. The number of likely N-dealkylation sites (tertiary alicyclic amines) is 1. The maximum absolute atomic E-state index is 5.92. The Morgan fingerprint density at radius 1 is 1.47 bits per heavy atom. The minimum Gasteiger partial charge on any atom is -0.359 e. The molecule has 0 radical (unpaired) electrons. The minimum atomic E-state index is -0.0793. The summed E-state index contributed by atoms with van der Waals surface area (Å²) in [5, 5.41) is 3.58. The second-order valence-electron chi connectivity index (χ2n) is 6.39. The number of piperidine rings is 1. The molecule has 3 nitrogen and oxygen atoms in total. The number of ether oxygens (including phenoxy) is 1. The molecule has 2 fully saturated rings. The van der Waals surface area contributed by atoms with Gasteiger partial charge in [-0.15, -0.1) is 0 Å². The monoisotopic (exact) mass is 240 g/mol. The quantitative estimate of drug-likeness (QED) is 0.818. The molecular weight excluding hydrogens is 212 g/mol. The zero-order valence-electron chi connectivity index (χ0n) is 11.8. The first-order chi connectivity index (χ1) is 7.98. The first kappa shape index (κ1) is 13.3. The third-order valence-electron chi connectivity index (χ3n) is 4.16. The maximum atomic E-state index is 5.92. The van der Waals surface area contributed by atoms with Crippen molar-refractivity contribution in [1.29, 1.82) is 0 Å². The van der Waals surface area contributed by atoms with Crippen LogP contribution in [-0.2, 0) is 4.74 Å². The van der Waals surface area contributed by atoms with E-state index in [-0.39, 0.29) is 5.72 Å². The third kappa shape index (κ3) is 3.43. The molecule has 0 aliphatic carbocycles. The molecule has 0 bridgehead atoms. The molecule has 0 aromatic carbocycles. The van der Waals surface area contributed by atoms with Gasteiger partial charge in [-0.25, -0.2) is 0 Å². The van der Waals surface area contributed by atoms with Gasteiger partial charge in [0, 0.05) is 18.6 Å². The van der Waals surface area contributed by atoms with Crippen molar-refractivity contribution in [3.8, 4) is 0 Å². The fourth-order valence-corrected chi connectivity index (χ4v) is 3.32. The van der Waals surface area contributed by atoms with E-state index >= 15 is 0 Å². The van der Waals surface area contributed by atoms with Crippen LogP contribution >= 0.6 is 0 Å². The van der Waals surface area contributed by atoms with Crippen LogP contribution in [0, 0.1) is 5.92 Å². The van der Waals surface area contributed by atoms with Gasteiger partial charge in [-0.2, -0.15) is 0 Å². The molecule has 1 N–H and O–H groups in total. The lowest BCUT2D eigenvalue weighted by atomic mass is 9.89. The lowest BCUT2D eigenvalue weighted by molar-refractivity contribution is -0.0244. The molecule has 3 atom stereocenters. The molecular formula is C14H28N2O. The van der Waals surface area contributed by atoms with Crippen molar-refractivity contribution in [1.82, 2.24) is 10.2 Å². The van der Waals surface area contributed by atoms with Crippen LogP contribution in [0.2, 0.25) is 0 Å². The maximum Gasteiger partial charge on any atom is 0.117 e. The van der Waals surface area contributed by atoms with E-state index in [1.54, 1.807) is 0 Å². The van der Waals surface area contributed by atoms with Crippen LogP contribution in [-0.4, -0.2) is 42.4 Å². The van der Waals surface area contributed by atoms with Crippen molar-refractivity contribution in [2.45, 2.75) is 64.8 Å². The summed E-state index contributed by atoms with van der Waals surface area (Å²) in [6, 6.07) is 1.19. The Morgan fingerprint density at radius 2 is 2.24 bits per heavy atom. The summed E-state index contributed by atoms with van der Waals surface area (Å²) < 4.78 is 5.92.